The van der Waals surface area contributed by atoms with Crippen LogP contribution in [-0.4, -0.2) is 28.1 Å². The van der Waals surface area contributed by atoms with Crippen molar-refractivity contribution in [3.05, 3.63) is 29.8 Å². The molecule has 4 nitrogen and oxygen atoms in total. The minimum atomic E-state index is -3.40. The van der Waals surface area contributed by atoms with Gasteiger partial charge >= 0.3 is 0 Å². The summed E-state index contributed by atoms with van der Waals surface area (Å²) in [6, 6.07) is 7.18. The second-order valence-electron chi connectivity index (χ2n) is 5.51. The molecule has 0 radical (unpaired) electrons. The second kappa shape index (κ2) is 7.20. The molecule has 0 bridgehead atoms. The Bertz CT molecular complexity index is 507. The molecule has 0 aliphatic carbocycles. The van der Waals surface area contributed by atoms with Crippen LogP contribution in [0.1, 0.15) is 39.7 Å². The third-order valence-corrected chi connectivity index (χ3v) is 5.15. The van der Waals surface area contributed by atoms with Crippen LogP contribution >= 0.6 is 0 Å². The van der Waals surface area contributed by atoms with Crippen LogP contribution in [0.2, 0.25) is 0 Å². The van der Waals surface area contributed by atoms with Crippen molar-refractivity contribution < 1.29 is 8.42 Å². The summed E-state index contributed by atoms with van der Waals surface area (Å²) in [6.07, 6.45) is 1.01. The number of sulfonamides is 1. The van der Waals surface area contributed by atoms with Gasteiger partial charge in [-0.2, -0.15) is 0 Å². The molecule has 114 valence electrons. The first-order chi connectivity index (χ1) is 9.33. The number of rotatable bonds is 8. The van der Waals surface area contributed by atoms with Crippen molar-refractivity contribution in [2.45, 2.75) is 44.4 Å². The maximum atomic E-state index is 12.1. The van der Waals surface area contributed by atoms with Crippen LogP contribution in [0, 0.1) is 0 Å². The zero-order chi connectivity index (χ0) is 15.2. The quantitative estimate of drug-likeness (QED) is 0.724. The second-order valence-corrected chi connectivity index (χ2v) is 7.28. The Morgan fingerprint density at radius 2 is 1.65 bits per heavy atom. The summed E-state index contributed by atoms with van der Waals surface area (Å²) in [7, 11) is -3.40. The van der Waals surface area contributed by atoms with Crippen LogP contribution in [-0.2, 0) is 15.4 Å². The van der Waals surface area contributed by atoms with E-state index in [1.54, 1.807) is 12.1 Å². The van der Waals surface area contributed by atoms with E-state index in [0.29, 0.717) is 18.0 Å². The molecule has 0 saturated carbocycles. The van der Waals surface area contributed by atoms with Crippen LogP contribution in [0.4, 0.5) is 0 Å². The molecule has 0 aliphatic rings. The number of likely N-dealkylation sites (N-methyl/N-ethyl adjacent to an activating group) is 1. The topological polar surface area (TPSA) is 58.2 Å². The molecule has 0 unspecified atom stereocenters. The van der Waals surface area contributed by atoms with E-state index in [9.17, 15) is 8.42 Å². The summed E-state index contributed by atoms with van der Waals surface area (Å²) in [5.74, 6) is 0. The third-order valence-electron chi connectivity index (χ3n) is 3.67. The molecule has 0 fully saturated rings. The standard InChI is InChI=1S/C15H26N2O2S/c1-5-15(3,4)13-7-9-14(10-8-13)20(18,19)17-12-11-16-6-2/h7-10,16-17H,5-6,11-12H2,1-4H3. The van der Waals surface area contributed by atoms with Gasteiger partial charge in [-0.1, -0.05) is 39.8 Å². The molecular formula is C15H26N2O2S. The molecule has 0 aromatic heterocycles. The third kappa shape index (κ3) is 4.58. The molecule has 0 amide bonds. The van der Waals surface area contributed by atoms with E-state index in [0.717, 1.165) is 18.5 Å². The van der Waals surface area contributed by atoms with E-state index in [1.165, 1.54) is 0 Å². The van der Waals surface area contributed by atoms with Gasteiger partial charge in [-0.25, -0.2) is 13.1 Å². The lowest BCUT2D eigenvalue weighted by atomic mass is 9.82. The Hall–Kier alpha value is -0.910. The first-order valence-electron chi connectivity index (χ1n) is 7.14. The highest BCUT2D eigenvalue weighted by atomic mass is 32.2. The van der Waals surface area contributed by atoms with E-state index in [1.807, 2.05) is 19.1 Å². The highest BCUT2D eigenvalue weighted by Crippen LogP contribution is 2.27. The van der Waals surface area contributed by atoms with Crippen molar-refractivity contribution in [3.8, 4) is 0 Å². The summed E-state index contributed by atoms with van der Waals surface area (Å²) < 4.78 is 26.8. The Morgan fingerprint density at radius 3 is 2.15 bits per heavy atom. The lowest BCUT2D eigenvalue weighted by molar-refractivity contribution is 0.505. The van der Waals surface area contributed by atoms with Crippen LogP contribution < -0.4 is 10.0 Å². The van der Waals surface area contributed by atoms with E-state index in [-0.39, 0.29) is 5.41 Å². The first kappa shape index (κ1) is 17.1. The molecule has 0 aliphatic heterocycles. The number of benzene rings is 1. The van der Waals surface area contributed by atoms with Crippen molar-refractivity contribution in [2.75, 3.05) is 19.6 Å². The Kier molecular flexibility index (Phi) is 6.17. The van der Waals surface area contributed by atoms with Gasteiger partial charge in [-0.3, -0.25) is 0 Å². The minimum Gasteiger partial charge on any atom is -0.316 e. The van der Waals surface area contributed by atoms with Crippen LogP contribution in [0.15, 0.2) is 29.2 Å². The maximum Gasteiger partial charge on any atom is 0.240 e. The fraction of sp³-hybridized carbons (Fsp3) is 0.600. The van der Waals surface area contributed by atoms with E-state index >= 15 is 0 Å². The molecule has 1 aromatic rings. The summed E-state index contributed by atoms with van der Waals surface area (Å²) in [5.41, 5.74) is 1.23. The zero-order valence-corrected chi connectivity index (χ0v) is 13.7. The number of nitrogens with one attached hydrogen (secondary N) is 2. The van der Waals surface area contributed by atoms with Gasteiger partial charge in [0.05, 0.1) is 4.90 Å². The lowest BCUT2D eigenvalue weighted by Crippen LogP contribution is -2.31. The minimum absolute atomic E-state index is 0.0702. The summed E-state index contributed by atoms with van der Waals surface area (Å²) >= 11 is 0. The van der Waals surface area contributed by atoms with Crippen molar-refractivity contribution in [3.63, 3.8) is 0 Å². The van der Waals surface area contributed by atoms with Gasteiger partial charge in [0, 0.05) is 13.1 Å². The zero-order valence-electron chi connectivity index (χ0n) is 12.9. The molecule has 1 rings (SSSR count). The molecule has 2 N–H and O–H groups in total. The van der Waals surface area contributed by atoms with Crippen LogP contribution in [0.25, 0.3) is 0 Å². The normalized spacial score (nSPS) is 12.6. The molecule has 0 saturated heterocycles. The van der Waals surface area contributed by atoms with Gasteiger partial charge < -0.3 is 5.32 Å². The Labute approximate surface area is 123 Å². The van der Waals surface area contributed by atoms with Gasteiger partial charge in [0.25, 0.3) is 0 Å². The fourth-order valence-electron chi connectivity index (χ4n) is 1.82. The molecule has 0 spiro atoms. The Balaban J connectivity index is 2.77. The van der Waals surface area contributed by atoms with Gasteiger partial charge in [0.15, 0.2) is 0 Å². The highest BCUT2D eigenvalue weighted by molar-refractivity contribution is 7.89. The van der Waals surface area contributed by atoms with Crippen molar-refractivity contribution >= 4 is 10.0 Å². The summed E-state index contributed by atoms with van der Waals surface area (Å²) in [4.78, 5) is 0.324. The van der Waals surface area contributed by atoms with Crippen molar-refractivity contribution in [1.29, 1.82) is 0 Å². The average Bonchev–Trinajstić information content (AvgIpc) is 2.44. The fourth-order valence-corrected chi connectivity index (χ4v) is 2.86. The predicted octanol–water partition coefficient (Wildman–Crippen LogP) is 2.26. The SMILES string of the molecule is CCNCCNS(=O)(=O)c1ccc(C(C)(C)CC)cc1. The summed E-state index contributed by atoms with van der Waals surface area (Å²) in [6.45, 7) is 10.3. The van der Waals surface area contributed by atoms with Crippen LogP contribution in [0.3, 0.4) is 0 Å². The van der Waals surface area contributed by atoms with E-state index in [2.05, 4.69) is 30.8 Å². The van der Waals surface area contributed by atoms with Crippen molar-refractivity contribution in [1.82, 2.24) is 10.0 Å². The summed E-state index contributed by atoms with van der Waals surface area (Å²) in [5, 5.41) is 3.08. The van der Waals surface area contributed by atoms with E-state index < -0.39 is 10.0 Å². The maximum absolute atomic E-state index is 12.1. The number of hydrogen-bond donors (Lipinski definition) is 2. The lowest BCUT2D eigenvalue weighted by Gasteiger charge is -2.23. The average molecular weight is 298 g/mol. The molecule has 0 heterocycles. The number of hydrogen-bond acceptors (Lipinski definition) is 3. The Morgan fingerprint density at radius 1 is 1.05 bits per heavy atom. The largest absolute Gasteiger partial charge is 0.316 e. The smallest absolute Gasteiger partial charge is 0.240 e. The monoisotopic (exact) mass is 298 g/mol. The van der Waals surface area contributed by atoms with Crippen molar-refractivity contribution in [2.24, 2.45) is 0 Å². The van der Waals surface area contributed by atoms with Gasteiger partial charge in [0.1, 0.15) is 0 Å². The first-order valence-corrected chi connectivity index (χ1v) is 8.62. The van der Waals surface area contributed by atoms with Gasteiger partial charge in [-0.15, -0.1) is 0 Å². The molecule has 0 atom stereocenters. The predicted molar refractivity (Wildman–Crippen MR) is 83.5 cm³/mol. The van der Waals surface area contributed by atoms with Gasteiger partial charge in [-0.05, 0) is 36.1 Å². The molecule has 20 heavy (non-hydrogen) atoms. The van der Waals surface area contributed by atoms with Gasteiger partial charge in [0.2, 0.25) is 10.0 Å². The molecule has 5 heteroatoms. The molecular weight excluding hydrogens is 272 g/mol. The van der Waals surface area contributed by atoms with Crippen LogP contribution in [0.5, 0.6) is 0 Å². The molecule has 1 aromatic carbocycles. The van der Waals surface area contributed by atoms with E-state index in [4.69, 9.17) is 0 Å². The highest BCUT2D eigenvalue weighted by Gasteiger charge is 2.19.